The first-order valence-electron chi connectivity index (χ1n) is 5.34. The van der Waals surface area contributed by atoms with Crippen molar-refractivity contribution in [2.24, 2.45) is 16.0 Å². The molecular formula is C13H13N4O+. The zero-order valence-corrected chi connectivity index (χ0v) is 9.62. The molecule has 0 atom stereocenters. The molecule has 2 rings (SSSR count). The fourth-order valence-electron chi connectivity index (χ4n) is 1.36. The summed E-state index contributed by atoms with van der Waals surface area (Å²) in [7, 11) is 0. The Bertz CT molecular complexity index is 573. The summed E-state index contributed by atoms with van der Waals surface area (Å²) < 4.78 is 0. The number of aromatic hydroxyl groups is 1. The Morgan fingerprint density at radius 3 is 1.78 bits per heavy atom. The molecular weight excluding hydrogens is 228 g/mol. The van der Waals surface area contributed by atoms with Crippen LogP contribution in [0.4, 0.5) is 11.4 Å². The van der Waals surface area contributed by atoms with Gasteiger partial charge in [0.15, 0.2) is 0 Å². The third kappa shape index (κ3) is 2.91. The van der Waals surface area contributed by atoms with Gasteiger partial charge in [0.2, 0.25) is 0 Å². The van der Waals surface area contributed by atoms with Gasteiger partial charge >= 0.3 is 0 Å². The Morgan fingerprint density at radius 2 is 1.33 bits per heavy atom. The summed E-state index contributed by atoms with van der Waals surface area (Å²) in [4.78, 5) is 0. The van der Waals surface area contributed by atoms with E-state index in [1.807, 2.05) is 0 Å². The van der Waals surface area contributed by atoms with Crippen LogP contribution < -0.4 is 11.1 Å². The van der Waals surface area contributed by atoms with Crippen molar-refractivity contribution in [3.63, 3.8) is 0 Å². The number of hydrogen-bond acceptors (Lipinski definition) is 3. The molecule has 0 aliphatic heterocycles. The van der Waals surface area contributed by atoms with Gasteiger partial charge in [0.1, 0.15) is 5.75 Å². The standard InChI is InChI=1S/C13H12N4O/c14-13(15)9-1-3-10(4-2-9)16-17-11-5-7-12(18)8-6-11/h1-8,18H,(H3,14,15)/p+1. The van der Waals surface area contributed by atoms with Crippen molar-refractivity contribution in [2.75, 3.05) is 0 Å². The van der Waals surface area contributed by atoms with Crippen LogP contribution in [-0.2, 0) is 0 Å². The number of benzene rings is 2. The van der Waals surface area contributed by atoms with Gasteiger partial charge in [-0.05, 0) is 48.5 Å². The zero-order valence-electron chi connectivity index (χ0n) is 9.62. The Balaban J connectivity index is 2.13. The molecule has 0 unspecified atom stereocenters. The maximum Gasteiger partial charge on any atom is 0.270 e. The number of amidine groups is 1. The van der Waals surface area contributed by atoms with Crippen LogP contribution in [0.5, 0.6) is 5.75 Å². The molecule has 0 bridgehead atoms. The molecule has 0 heterocycles. The molecule has 0 amide bonds. The number of phenolic OH excluding ortho intramolecular Hbond substituents is 1. The summed E-state index contributed by atoms with van der Waals surface area (Å²) in [5, 5.41) is 22.7. The maximum atomic E-state index is 9.13. The molecule has 2 aromatic carbocycles. The summed E-state index contributed by atoms with van der Waals surface area (Å²) in [6.45, 7) is 0. The first-order valence-corrected chi connectivity index (χ1v) is 5.34. The Hall–Kier alpha value is -2.69. The van der Waals surface area contributed by atoms with E-state index >= 15 is 0 Å². The van der Waals surface area contributed by atoms with Crippen LogP contribution in [0.15, 0.2) is 58.8 Å². The SMILES string of the molecule is NC(=[NH2+])c1ccc(N=Nc2ccc(O)cc2)cc1. The van der Waals surface area contributed by atoms with E-state index in [4.69, 9.17) is 16.2 Å². The fraction of sp³-hybridized carbons (Fsp3) is 0. The largest absolute Gasteiger partial charge is 0.508 e. The summed E-state index contributed by atoms with van der Waals surface area (Å²) in [5.74, 6) is 0.476. The normalized spacial score (nSPS) is 10.7. The zero-order chi connectivity index (χ0) is 13.0. The second kappa shape index (κ2) is 5.09. The minimum atomic E-state index is 0.201. The monoisotopic (exact) mass is 241 g/mol. The first kappa shape index (κ1) is 11.8. The molecule has 2 aromatic rings. The van der Waals surface area contributed by atoms with Gasteiger partial charge in [-0.2, -0.15) is 10.2 Å². The minimum absolute atomic E-state index is 0.201. The van der Waals surface area contributed by atoms with E-state index in [-0.39, 0.29) is 11.6 Å². The third-order valence-electron chi connectivity index (χ3n) is 2.33. The van der Waals surface area contributed by atoms with E-state index in [1.165, 1.54) is 0 Å². The predicted octanol–water partition coefficient (Wildman–Crippen LogP) is 1.27. The predicted molar refractivity (Wildman–Crippen MR) is 68.9 cm³/mol. The van der Waals surface area contributed by atoms with Crippen molar-refractivity contribution in [2.45, 2.75) is 0 Å². The molecule has 0 aromatic heterocycles. The Morgan fingerprint density at radius 1 is 0.889 bits per heavy atom. The topological polar surface area (TPSA) is 96.6 Å². The molecule has 5 N–H and O–H groups in total. The molecule has 0 radical (unpaired) electrons. The minimum Gasteiger partial charge on any atom is -0.508 e. The molecule has 0 aliphatic carbocycles. The Labute approximate surface area is 104 Å². The van der Waals surface area contributed by atoms with Crippen LogP contribution in [0.25, 0.3) is 0 Å². The maximum absolute atomic E-state index is 9.13. The molecule has 0 spiro atoms. The lowest BCUT2D eigenvalue weighted by molar-refractivity contribution is -0.114. The average Bonchev–Trinajstić information content (AvgIpc) is 2.38. The summed E-state index contributed by atoms with van der Waals surface area (Å²) in [5.41, 5.74) is 7.59. The highest BCUT2D eigenvalue weighted by Crippen LogP contribution is 2.20. The average molecular weight is 241 g/mol. The molecule has 0 saturated heterocycles. The van der Waals surface area contributed by atoms with E-state index in [2.05, 4.69) is 10.2 Å². The second-order valence-corrected chi connectivity index (χ2v) is 3.72. The van der Waals surface area contributed by atoms with E-state index in [9.17, 15) is 0 Å². The molecule has 0 saturated carbocycles. The van der Waals surface area contributed by atoms with Crippen molar-refractivity contribution in [3.8, 4) is 5.75 Å². The van der Waals surface area contributed by atoms with Gasteiger partial charge in [-0.3, -0.25) is 11.1 Å². The second-order valence-electron chi connectivity index (χ2n) is 3.72. The number of nitrogens with zero attached hydrogens (tertiary/aromatic N) is 2. The molecule has 5 heteroatoms. The lowest BCUT2D eigenvalue weighted by Crippen LogP contribution is -2.46. The van der Waals surface area contributed by atoms with Crippen molar-refractivity contribution < 1.29 is 10.5 Å². The van der Waals surface area contributed by atoms with Crippen LogP contribution in [-0.4, -0.2) is 10.9 Å². The quantitative estimate of drug-likeness (QED) is 0.428. The number of phenols is 1. The fourth-order valence-corrected chi connectivity index (χ4v) is 1.36. The van der Waals surface area contributed by atoms with Gasteiger partial charge in [-0.15, -0.1) is 0 Å². The summed E-state index contributed by atoms with van der Waals surface area (Å²) in [6, 6.07) is 13.6. The number of rotatable bonds is 3. The molecule has 18 heavy (non-hydrogen) atoms. The van der Waals surface area contributed by atoms with Gasteiger partial charge in [0.05, 0.1) is 16.9 Å². The van der Waals surface area contributed by atoms with Gasteiger partial charge in [-0.1, -0.05) is 0 Å². The van der Waals surface area contributed by atoms with Crippen LogP contribution in [0.2, 0.25) is 0 Å². The molecule has 0 fully saturated rings. The van der Waals surface area contributed by atoms with Crippen molar-refractivity contribution in [3.05, 3.63) is 54.1 Å². The van der Waals surface area contributed by atoms with Crippen molar-refractivity contribution in [1.29, 1.82) is 0 Å². The lowest BCUT2D eigenvalue weighted by atomic mass is 10.2. The lowest BCUT2D eigenvalue weighted by Gasteiger charge is -1.95. The van der Waals surface area contributed by atoms with E-state index in [1.54, 1.807) is 48.5 Å². The van der Waals surface area contributed by atoms with Crippen molar-refractivity contribution >= 4 is 17.2 Å². The van der Waals surface area contributed by atoms with Crippen molar-refractivity contribution in [1.82, 2.24) is 0 Å². The number of azo groups is 1. The molecule has 0 aliphatic rings. The molecule has 90 valence electrons. The smallest absolute Gasteiger partial charge is 0.270 e. The first-order chi connectivity index (χ1) is 8.65. The van der Waals surface area contributed by atoms with Crippen LogP contribution in [0.3, 0.4) is 0 Å². The third-order valence-corrected chi connectivity index (χ3v) is 2.33. The highest BCUT2D eigenvalue weighted by atomic mass is 16.3. The summed E-state index contributed by atoms with van der Waals surface area (Å²) >= 11 is 0. The number of nitrogens with two attached hydrogens (primary N) is 2. The highest BCUT2D eigenvalue weighted by Gasteiger charge is 2.00. The van der Waals surface area contributed by atoms with Gasteiger partial charge in [0, 0.05) is 0 Å². The number of hydrogen-bond donors (Lipinski definition) is 3. The van der Waals surface area contributed by atoms with Gasteiger partial charge in [0.25, 0.3) is 5.84 Å². The highest BCUT2D eigenvalue weighted by molar-refractivity contribution is 5.92. The van der Waals surface area contributed by atoms with Crippen LogP contribution >= 0.6 is 0 Å². The van der Waals surface area contributed by atoms with Gasteiger partial charge < -0.3 is 5.11 Å². The van der Waals surface area contributed by atoms with Crippen LogP contribution in [0.1, 0.15) is 5.56 Å². The van der Waals surface area contributed by atoms with Gasteiger partial charge in [-0.25, -0.2) is 0 Å². The Kier molecular flexibility index (Phi) is 3.33. The summed E-state index contributed by atoms with van der Waals surface area (Å²) in [6.07, 6.45) is 0. The van der Waals surface area contributed by atoms with E-state index in [0.29, 0.717) is 11.4 Å². The van der Waals surface area contributed by atoms with Crippen LogP contribution in [0, 0.1) is 0 Å². The van der Waals surface area contributed by atoms with E-state index in [0.717, 1.165) is 5.56 Å². The van der Waals surface area contributed by atoms with E-state index < -0.39 is 0 Å². The molecule has 5 nitrogen and oxygen atoms in total.